The van der Waals surface area contributed by atoms with Gasteiger partial charge >= 0.3 is 5.97 Å². The van der Waals surface area contributed by atoms with Gasteiger partial charge in [-0.25, -0.2) is 9.78 Å². The largest absolute Gasteiger partial charge is 0.478 e. The molecule has 0 radical (unpaired) electrons. The maximum atomic E-state index is 12.1. The number of para-hydroxylation sites is 1. The fourth-order valence-corrected chi connectivity index (χ4v) is 1.98. The van der Waals surface area contributed by atoms with Gasteiger partial charge in [0.2, 0.25) is 0 Å². The standard InChI is InChI=1S/C14H11ClN2O3/c1-8-6-9(7-12(15)16-8)13(18)17-11-5-3-2-4-10(11)14(19)20/h2-7H,1H3,(H,17,18)(H,19,20). The molecule has 0 spiro atoms. The highest BCUT2D eigenvalue weighted by Gasteiger charge is 2.13. The van der Waals surface area contributed by atoms with Crippen molar-refractivity contribution >= 4 is 29.2 Å². The third kappa shape index (κ3) is 3.13. The number of pyridine rings is 1. The van der Waals surface area contributed by atoms with Gasteiger partial charge in [0.15, 0.2) is 0 Å². The van der Waals surface area contributed by atoms with Crippen molar-refractivity contribution in [2.45, 2.75) is 6.92 Å². The predicted octanol–water partition coefficient (Wildman–Crippen LogP) is 2.99. The number of aromatic nitrogens is 1. The molecule has 2 aromatic rings. The van der Waals surface area contributed by atoms with Gasteiger partial charge in [-0.15, -0.1) is 0 Å². The number of aryl methyl sites for hydroxylation is 1. The van der Waals surface area contributed by atoms with Crippen LogP contribution < -0.4 is 5.32 Å². The third-order valence-corrected chi connectivity index (χ3v) is 2.78. The smallest absolute Gasteiger partial charge is 0.337 e. The van der Waals surface area contributed by atoms with Gasteiger partial charge in [0.25, 0.3) is 5.91 Å². The first kappa shape index (κ1) is 14.0. The number of nitrogens with zero attached hydrogens (tertiary/aromatic N) is 1. The zero-order valence-electron chi connectivity index (χ0n) is 10.6. The fraction of sp³-hybridized carbons (Fsp3) is 0.0714. The molecule has 102 valence electrons. The van der Waals surface area contributed by atoms with E-state index in [-0.39, 0.29) is 16.4 Å². The number of aromatic carboxylic acids is 1. The molecule has 0 fully saturated rings. The molecular weight excluding hydrogens is 280 g/mol. The molecule has 1 aromatic carbocycles. The second-order valence-corrected chi connectivity index (χ2v) is 4.51. The van der Waals surface area contributed by atoms with Crippen LogP contribution in [0.1, 0.15) is 26.4 Å². The summed E-state index contributed by atoms with van der Waals surface area (Å²) in [6.45, 7) is 1.72. The molecule has 5 nitrogen and oxygen atoms in total. The van der Waals surface area contributed by atoms with E-state index in [1.807, 2.05) is 0 Å². The van der Waals surface area contributed by atoms with Crippen molar-refractivity contribution in [3.8, 4) is 0 Å². The van der Waals surface area contributed by atoms with Gasteiger partial charge in [-0.1, -0.05) is 23.7 Å². The highest BCUT2D eigenvalue weighted by Crippen LogP contribution is 2.17. The second-order valence-electron chi connectivity index (χ2n) is 4.12. The lowest BCUT2D eigenvalue weighted by Gasteiger charge is -2.08. The van der Waals surface area contributed by atoms with Crippen molar-refractivity contribution < 1.29 is 14.7 Å². The number of rotatable bonds is 3. The van der Waals surface area contributed by atoms with Crippen LogP contribution in [0.2, 0.25) is 5.15 Å². The van der Waals surface area contributed by atoms with Gasteiger partial charge in [-0.2, -0.15) is 0 Å². The van der Waals surface area contributed by atoms with Crippen molar-refractivity contribution in [2.75, 3.05) is 5.32 Å². The number of carboxylic acids is 1. The predicted molar refractivity (Wildman–Crippen MR) is 75.3 cm³/mol. The van der Waals surface area contributed by atoms with Gasteiger partial charge in [-0.3, -0.25) is 4.79 Å². The van der Waals surface area contributed by atoms with E-state index < -0.39 is 11.9 Å². The monoisotopic (exact) mass is 290 g/mol. The SMILES string of the molecule is Cc1cc(C(=O)Nc2ccccc2C(=O)O)cc(Cl)n1. The number of amides is 1. The van der Waals surface area contributed by atoms with Gasteiger partial charge in [0.05, 0.1) is 11.3 Å². The lowest BCUT2D eigenvalue weighted by molar-refractivity contribution is 0.0698. The minimum absolute atomic E-state index is 0.0257. The minimum Gasteiger partial charge on any atom is -0.478 e. The Hall–Kier alpha value is -2.40. The molecule has 1 aromatic heterocycles. The Bertz CT molecular complexity index is 666. The summed E-state index contributed by atoms with van der Waals surface area (Å²) in [6, 6.07) is 9.18. The molecule has 0 atom stereocenters. The number of carbonyl (C=O) groups excluding carboxylic acids is 1. The second kappa shape index (κ2) is 5.71. The summed E-state index contributed by atoms with van der Waals surface area (Å²) in [5, 5.41) is 11.8. The van der Waals surface area contributed by atoms with Crippen LogP contribution in [0.15, 0.2) is 36.4 Å². The molecule has 0 aliphatic carbocycles. The van der Waals surface area contributed by atoms with Crippen molar-refractivity contribution in [1.29, 1.82) is 0 Å². The third-order valence-electron chi connectivity index (χ3n) is 2.59. The number of hydrogen-bond acceptors (Lipinski definition) is 3. The summed E-state index contributed by atoms with van der Waals surface area (Å²) in [7, 11) is 0. The summed E-state index contributed by atoms with van der Waals surface area (Å²) >= 11 is 5.79. The van der Waals surface area contributed by atoms with Crippen LogP contribution in [0, 0.1) is 6.92 Å². The lowest BCUT2D eigenvalue weighted by Crippen LogP contribution is -2.15. The van der Waals surface area contributed by atoms with Crippen LogP contribution in [0.5, 0.6) is 0 Å². The van der Waals surface area contributed by atoms with Gasteiger partial charge in [0.1, 0.15) is 5.15 Å². The molecule has 0 unspecified atom stereocenters. The maximum Gasteiger partial charge on any atom is 0.337 e. The van der Waals surface area contributed by atoms with E-state index in [9.17, 15) is 9.59 Å². The molecule has 0 bridgehead atoms. The number of carbonyl (C=O) groups is 2. The van der Waals surface area contributed by atoms with Crippen LogP contribution in [-0.2, 0) is 0 Å². The van der Waals surface area contributed by atoms with Crippen molar-refractivity contribution in [3.63, 3.8) is 0 Å². The zero-order chi connectivity index (χ0) is 14.7. The fourth-order valence-electron chi connectivity index (χ4n) is 1.73. The van der Waals surface area contributed by atoms with E-state index in [0.29, 0.717) is 11.3 Å². The Morgan fingerprint density at radius 3 is 2.60 bits per heavy atom. The lowest BCUT2D eigenvalue weighted by atomic mass is 10.1. The van der Waals surface area contributed by atoms with E-state index in [2.05, 4.69) is 10.3 Å². The number of carboxylic acid groups (broad SMARTS) is 1. The Morgan fingerprint density at radius 2 is 1.95 bits per heavy atom. The average Bonchev–Trinajstić information content (AvgIpc) is 2.37. The van der Waals surface area contributed by atoms with E-state index in [4.69, 9.17) is 16.7 Å². The van der Waals surface area contributed by atoms with E-state index in [1.54, 1.807) is 25.1 Å². The van der Waals surface area contributed by atoms with Crippen LogP contribution in [0.3, 0.4) is 0 Å². The first-order valence-electron chi connectivity index (χ1n) is 5.75. The summed E-state index contributed by atoms with van der Waals surface area (Å²) < 4.78 is 0. The van der Waals surface area contributed by atoms with E-state index >= 15 is 0 Å². The molecule has 2 N–H and O–H groups in total. The molecule has 0 aliphatic heterocycles. The maximum absolute atomic E-state index is 12.1. The number of benzene rings is 1. The van der Waals surface area contributed by atoms with E-state index in [1.165, 1.54) is 18.2 Å². The topological polar surface area (TPSA) is 79.3 Å². The first-order chi connectivity index (χ1) is 9.47. The van der Waals surface area contributed by atoms with Crippen molar-refractivity contribution in [2.24, 2.45) is 0 Å². The van der Waals surface area contributed by atoms with Crippen LogP contribution in [0.25, 0.3) is 0 Å². The first-order valence-corrected chi connectivity index (χ1v) is 6.13. The highest BCUT2D eigenvalue weighted by atomic mass is 35.5. The zero-order valence-corrected chi connectivity index (χ0v) is 11.3. The molecule has 0 saturated carbocycles. The average molecular weight is 291 g/mol. The number of anilines is 1. The minimum atomic E-state index is -1.11. The van der Waals surface area contributed by atoms with Crippen LogP contribution in [0.4, 0.5) is 5.69 Å². The summed E-state index contributed by atoms with van der Waals surface area (Å²) in [6.07, 6.45) is 0. The Labute approximate surface area is 120 Å². The molecule has 0 saturated heterocycles. The quantitative estimate of drug-likeness (QED) is 0.852. The van der Waals surface area contributed by atoms with Gasteiger partial charge in [-0.05, 0) is 31.2 Å². The molecule has 1 amide bonds. The molecule has 20 heavy (non-hydrogen) atoms. The Morgan fingerprint density at radius 1 is 1.25 bits per heavy atom. The molecular formula is C14H11ClN2O3. The van der Waals surface area contributed by atoms with Gasteiger partial charge < -0.3 is 10.4 Å². The normalized spacial score (nSPS) is 10.1. The number of hydrogen-bond donors (Lipinski definition) is 2. The summed E-state index contributed by atoms with van der Waals surface area (Å²) in [5.74, 6) is -1.55. The molecule has 2 rings (SSSR count). The van der Waals surface area contributed by atoms with Crippen LogP contribution in [-0.4, -0.2) is 22.0 Å². The van der Waals surface area contributed by atoms with Crippen molar-refractivity contribution in [1.82, 2.24) is 4.98 Å². The number of halogens is 1. The highest BCUT2D eigenvalue weighted by molar-refractivity contribution is 6.29. The molecule has 6 heteroatoms. The van der Waals surface area contributed by atoms with Gasteiger partial charge in [0, 0.05) is 11.3 Å². The Balaban J connectivity index is 2.30. The molecule has 1 heterocycles. The van der Waals surface area contributed by atoms with Crippen LogP contribution >= 0.6 is 11.6 Å². The van der Waals surface area contributed by atoms with Crippen molar-refractivity contribution in [3.05, 3.63) is 58.4 Å². The van der Waals surface area contributed by atoms with E-state index in [0.717, 1.165) is 0 Å². The number of nitrogens with one attached hydrogen (secondary N) is 1. The summed E-state index contributed by atoms with van der Waals surface area (Å²) in [5.41, 5.74) is 1.19. The molecule has 0 aliphatic rings. The Kier molecular flexibility index (Phi) is 4.00. The summed E-state index contributed by atoms with van der Waals surface area (Å²) in [4.78, 5) is 27.1.